The minimum absolute atomic E-state index is 0.110. The van der Waals surface area contributed by atoms with Gasteiger partial charge < -0.3 is 15.5 Å². The van der Waals surface area contributed by atoms with E-state index >= 15 is 0 Å². The number of rotatable bonds is 1. The Morgan fingerprint density at radius 1 is 1.45 bits per heavy atom. The molecule has 1 atom stereocenters. The van der Waals surface area contributed by atoms with Gasteiger partial charge in [0.2, 0.25) is 0 Å². The molecule has 0 radical (unpaired) electrons. The highest BCUT2D eigenvalue weighted by Crippen LogP contribution is 2.10. The molecule has 2 saturated heterocycles. The Morgan fingerprint density at radius 2 is 2.36 bits per heavy atom. The minimum Gasteiger partial charge on any atom is -0.336 e. The first-order valence-electron chi connectivity index (χ1n) is 4.13. The Morgan fingerprint density at radius 3 is 2.91 bits per heavy atom. The number of nitrogens with one attached hydrogen (secondary N) is 2. The van der Waals surface area contributed by atoms with Crippen molar-refractivity contribution in [3.63, 3.8) is 0 Å². The highest BCUT2D eigenvalue weighted by Gasteiger charge is 2.29. The van der Waals surface area contributed by atoms with Gasteiger partial charge in [-0.05, 0) is 13.0 Å². The van der Waals surface area contributed by atoms with Gasteiger partial charge in [-0.1, -0.05) is 0 Å². The summed E-state index contributed by atoms with van der Waals surface area (Å²) in [4.78, 5) is 13.1. The molecule has 0 aromatic carbocycles. The van der Waals surface area contributed by atoms with E-state index in [0.717, 1.165) is 32.6 Å². The lowest BCUT2D eigenvalue weighted by molar-refractivity contribution is 0.202. The molecule has 2 aliphatic rings. The van der Waals surface area contributed by atoms with E-state index in [1.807, 2.05) is 4.90 Å². The van der Waals surface area contributed by atoms with Crippen molar-refractivity contribution >= 4 is 6.03 Å². The summed E-state index contributed by atoms with van der Waals surface area (Å²) >= 11 is 0. The summed E-state index contributed by atoms with van der Waals surface area (Å²) in [5, 5.41) is 6.05. The molecule has 2 fully saturated rings. The third kappa shape index (κ3) is 1.18. The summed E-state index contributed by atoms with van der Waals surface area (Å²) < 4.78 is 0. The number of carbonyl (C=O) groups excluding carboxylic acids is 1. The van der Waals surface area contributed by atoms with Crippen LogP contribution in [0, 0.1) is 0 Å². The van der Waals surface area contributed by atoms with Crippen molar-refractivity contribution in [2.45, 2.75) is 12.5 Å². The lowest BCUT2D eigenvalue weighted by Crippen LogP contribution is -2.39. The van der Waals surface area contributed by atoms with Crippen LogP contribution in [0.1, 0.15) is 6.42 Å². The fourth-order valence-corrected chi connectivity index (χ4v) is 1.74. The summed E-state index contributed by atoms with van der Waals surface area (Å²) in [7, 11) is 0. The summed E-state index contributed by atoms with van der Waals surface area (Å²) in [6.45, 7) is 3.71. The van der Waals surface area contributed by atoms with Crippen LogP contribution in [0.5, 0.6) is 0 Å². The molecule has 2 heterocycles. The van der Waals surface area contributed by atoms with Gasteiger partial charge in [-0.25, -0.2) is 4.79 Å². The Kier molecular flexibility index (Phi) is 1.69. The van der Waals surface area contributed by atoms with E-state index in [0.29, 0.717) is 6.04 Å². The maximum absolute atomic E-state index is 11.1. The first kappa shape index (κ1) is 6.91. The number of nitrogens with zero attached hydrogens (tertiary/aromatic N) is 1. The number of amides is 2. The molecule has 1 unspecified atom stereocenters. The Labute approximate surface area is 65.9 Å². The van der Waals surface area contributed by atoms with Gasteiger partial charge in [0.15, 0.2) is 0 Å². The SMILES string of the molecule is O=C1NCCN1C1CCNC1. The van der Waals surface area contributed by atoms with Crippen LogP contribution < -0.4 is 10.6 Å². The highest BCUT2D eigenvalue weighted by atomic mass is 16.2. The van der Waals surface area contributed by atoms with E-state index in [1.54, 1.807) is 0 Å². The predicted octanol–water partition coefficient (Wildman–Crippen LogP) is -0.627. The van der Waals surface area contributed by atoms with E-state index in [-0.39, 0.29) is 6.03 Å². The third-order valence-electron chi connectivity index (χ3n) is 2.36. The van der Waals surface area contributed by atoms with Gasteiger partial charge >= 0.3 is 6.03 Å². The number of hydrogen-bond donors (Lipinski definition) is 2. The van der Waals surface area contributed by atoms with Crippen LogP contribution >= 0.6 is 0 Å². The molecular weight excluding hydrogens is 142 g/mol. The first-order valence-corrected chi connectivity index (χ1v) is 4.13. The molecule has 2 N–H and O–H groups in total. The van der Waals surface area contributed by atoms with Crippen LogP contribution in [0.2, 0.25) is 0 Å². The van der Waals surface area contributed by atoms with E-state index in [4.69, 9.17) is 0 Å². The van der Waals surface area contributed by atoms with Crippen molar-refractivity contribution < 1.29 is 4.79 Å². The van der Waals surface area contributed by atoms with E-state index in [2.05, 4.69) is 10.6 Å². The van der Waals surface area contributed by atoms with Crippen LogP contribution in [0.25, 0.3) is 0 Å². The number of urea groups is 1. The topological polar surface area (TPSA) is 44.4 Å². The van der Waals surface area contributed by atoms with Crippen molar-refractivity contribution in [3.8, 4) is 0 Å². The molecule has 0 aromatic heterocycles. The molecule has 0 bridgehead atoms. The van der Waals surface area contributed by atoms with Gasteiger partial charge in [0.25, 0.3) is 0 Å². The standard InChI is InChI=1S/C7H13N3O/c11-7-9-3-4-10(7)6-1-2-8-5-6/h6,8H,1-5H2,(H,9,11). The number of carbonyl (C=O) groups is 1. The molecule has 2 amide bonds. The molecule has 0 saturated carbocycles. The average molecular weight is 155 g/mol. The summed E-state index contributed by atoms with van der Waals surface area (Å²) in [6, 6.07) is 0.552. The van der Waals surface area contributed by atoms with Gasteiger partial charge in [0.05, 0.1) is 0 Å². The second-order valence-corrected chi connectivity index (χ2v) is 3.07. The lowest BCUT2D eigenvalue weighted by Gasteiger charge is -2.20. The highest BCUT2D eigenvalue weighted by molar-refractivity contribution is 5.76. The van der Waals surface area contributed by atoms with Crippen molar-refractivity contribution in [2.24, 2.45) is 0 Å². The monoisotopic (exact) mass is 155 g/mol. The van der Waals surface area contributed by atoms with Crippen molar-refractivity contribution in [1.82, 2.24) is 15.5 Å². The zero-order valence-electron chi connectivity index (χ0n) is 6.47. The maximum Gasteiger partial charge on any atom is 0.317 e. The molecule has 2 rings (SSSR count). The summed E-state index contributed by atoms with van der Waals surface area (Å²) in [5.41, 5.74) is 0. The largest absolute Gasteiger partial charge is 0.336 e. The average Bonchev–Trinajstić information content (AvgIpc) is 2.55. The fourth-order valence-electron chi connectivity index (χ4n) is 1.74. The summed E-state index contributed by atoms with van der Waals surface area (Å²) in [5.74, 6) is 0. The smallest absolute Gasteiger partial charge is 0.317 e. The molecule has 2 aliphatic heterocycles. The molecule has 4 nitrogen and oxygen atoms in total. The Bertz CT molecular complexity index is 165. The van der Waals surface area contributed by atoms with Gasteiger partial charge in [-0.3, -0.25) is 0 Å². The second-order valence-electron chi connectivity index (χ2n) is 3.07. The van der Waals surface area contributed by atoms with Crippen molar-refractivity contribution in [2.75, 3.05) is 26.2 Å². The van der Waals surface area contributed by atoms with Gasteiger partial charge in [0.1, 0.15) is 0 Å². The molecule has 4 heteroatoms. The van der Waals surface area contributed by atoms with Crippen LogP contribution in [0.4, 0.5) is 4.79 Å². The van der Waals surface area contributed by atoms with E-state index in [9.17, 15) is 4.79 Å². The Balaban J connectivity index is 1.97. The van der Waals surface area contributed by atoms with Crippen LogP contribution in [0.3, 0.4) is 0 Å². The normalized spacial score (nSPS) is 31.1. The van der Waals surface area contributed by atoms with Crippen LogP contribution in [0.15, 0.2) is 0 Å². The molecule has 62 valence electrons. The van der Waals surface area contributed by atoms with E-state index < -0.39 is 0 Å². The molecule has 0 aromatic rings. The maximum atomic E-state index is 11.1. The lowest BCUT2D eigenvalue weighted by atomic mass is 10.2. The molecule has 0 spiro atoms. The fraction of sp³-hybridized carbons (Fsp3) is 0.857. The quantitative estimate of drug-likeness (QED) is 0.529. The zero-order chi connectivity index (χ0) is 7.68. The number of hydrogen-bond acceptors (Lipinski definition) is 2. The predicted molar refractivity (Wildman–Crippen MR) is 41.4 cm³/mol. The summed E-state index contributed by atoms with van der Waals surface area (Å²) in [6.07, 6.45) is 1.10. The second kappa shape index (κ2) is 2.70. The zero-order valence-corrected chi connectivity index (χ0v) is 6.47. The molecular formula is C7H13N3O. The van der Waals surface area contributed by atoms with E-state index in [1.165, 1.54) is 0 Å². The van der Waals surface area contributed by atoms with Crippen LogP contribution in [-0.4, -0.2) is 43.2 Å². The van der Waals surface area contributed by atoms with Crippen molar-refractivity contribution in [3.05, 3.63) is 0 Å². The first-order chi connectivity index (χ1) is 5.38. The van der Waals surface area contributed by atoms with Crippen molar-refractivity contribution in [1.29, 1.82) is 0 Å². The third-order valence-corrected chi connectivity index (χ3v) is 2.36. The van der Waals surface area contributed by atoms with Gasteiger partial charge in [-0.15, -0.1) is 0 Å². The van der Waals surface area contributed by atoms with Crippen LogP contribution in [-0.2, 0) is 0 Å². The Hall–Kier alpha value is -0.770. The van der Waals surface area contributed by atoms with Gasteiger partial charge in [0, 0.05) is 25.7 Å². The molecule has 11 heavy (non-hydrogen) atoms. The molecule has 0 aliphatic carbocycles. The minimum atomic E-state index is 0.110. The van der Waals surface area contributed by atoms with Gasteiger partial charge in [-0.2, -0.15) is 0 Å².